The van der Waals surface area contributed by atoms with Crippen molar-refractivity contribution in [2.45, 2.75) is 31.4 Å². The van der Waals surface area contributed by atoms with Crippen LogP contribution in [0.3, 0.4) is 0 Å². The van der Waals surface area contributed by atoms with Crippen molar-refractivity contribution in [3.05, 3.63) is 22.5 Å². The summed E-state index contributed by atoms with van der Waals surface area (Å²) in [7, 11) is 1.50. The van der Waals surface area contributed by atoms with E-state index in [0.29, 0.717) is 5.88 Å². The number of aromatic nitrogens is 2. The second-order valence-electron chi connectivity index (χ2n) is 3.72. The van der Waals surface area contributed by atoms with Crippen LogP contribution in [0.15, 0.2) is 16.9 Å². The number of aliphatic hydroxyl groups excluding tert-OH is 1. The summed E-state index contributed by atoms with van der Waals surface area (Å²) in [6, 6.07) is 2.74. The molecule has 0 radical (unpaired) electrons. The molecule has 1 fully saturated rings. The van der Waals surface area contributed by atoms with E-state index in [-0.39, 0.29) is 11.6 Å². The minimum Gasteiger partial charge on any atom is -0.480 e. The Morgan fingerprint density at radius 1 is 1.53 bits per heavy atom. The van der Waals surface area contributed by atoms with Crippen LogP contribution in [-0.4, -0.2) is 28.1 Å². The van der Waals surface area contributed by atoms with Gasteiger partial charge < -0.3 is 9.84 Å². The highest BCUT2D eigenvalue weighted by Crippen LogP contribution is 2.28. The highest BCUT2D eigenvalue weighted by Gasteiger charge is 2.28. The van der Waals surface area contributed by atoms with Gasteiger partial charge in [-0.05, 0) is 19.3 Å². The molecular formula is C10H14N2O3. The molecule has 0 spiro atoms. The number of ether oxygens (including phenoxy) is 1. The van der Waals surface area contributed by atoms with E-state index in [4.69, 9.17) is 4.74 Å². The monoisotopic (exact) mass is 210 g/mol. The highest BCUT2D eigenvalue weighted by molar-refractivity contribution is 5.07. The van der Waals surface area contributed by atoms with Crippen LogP contribution in [0.2, 0.25) is 0 Å². The van der Waals surface area contributed by atoms with Gasteiger partial charge in [-0.25, -0.2) is 4.68 Å². The molecular weight excluding hydrogens is 196 g/mol. The van der Waals surface area contributed by atoms with Gasteiger partial charge in [0.1, 0.15) is 0 Å². The number of hydrogen-bond donors (Lipinski definition) is 1. The summed E-state index contributed by atoms with van der Waals surface area (Å²) >= 11 is 0. The summed E-state index contributed by atoms with van der Waals surface area (Å²) < 4.78 is 6.28. The molecule has 1 aliphatic carbocycles. The molecule has 5 nitrogen and oxygen atoms in total. The molecule has 1 saturated carbocycles. The summed E-state index contributed by atoms with van der Waals surface area (Å²) in [4.78, 5) is 11.6. The molecule has 0 saturated heterocycles. The standard InChI is InChI=1S/C10H14N2O3/c1-15-9-5-6-10(14)12(11-9)7-3-2-4-8(7)13/h5-8,13H,2-4H2,1H3/t7-,8-/m0/s1. The Hall–Kier alpha value is -1.36. The Balaban J connectivity index is 2.37. The Morgan fingerprint density at radius 2 is 2.33 bits per heavy atom. The zero-order valence-corrected chi connectivity index (χ0v) is 8.59. The first-order valence-corrected chi connectivity index (χ1v) is 5.04. The van der Waals surface area contributed by atoms with Crippen LogP contribution < -0.4 is 10.3 Å². The van der Waals surface area contributed by atoms with Crippen molar-refractivity contribution in [2.75, 3.05) is 7.11 Å². The second-order valence-corrected chi connectivity index (χ2v) is 3.72. The fourth-order valence-electron chi connectivity index (χ4n) is 1.96. The lowest BCUT2D eigenvalue weighted by atomic mass is 10.2. The lowest BCUT2D eigenvalue weighted by Gasteiger charge is -2.16. The van der Waals surface area contributed by atoms with Gasteiger partial charge in [-0.15, -0.1) is 5.10 Å². The lowest BCUT2D eigenvalue weighted by molar-refractivity contribution is 0.126. The Bertz CT molecular complexity index is 402. The van der Waals surface area contributed by atoms with Crippen LogP contribution in [0.5, 0.6) is 5.88 Å². The van der Waals surface area contributed by atoms with E-state index in [1.54, 1.807) is 0 Å². The van der Waals surface area contributed by atoms with Gasteiger partial charge in [0.15, 0.2) is 0 Å². The van der Waals surface area contributed by atoms with Crippen LogP contribution in [0.4, 0.5) is 0 Å². The molecule has 0 aromatic carbocycles. The number of hydrogen-bond acceptors (Lipinski definition) is 4. The minimum atomic E-state index is -0.470. The van der Waals surface area contributed by atoms with Gasteiger partial charge >= 0.3 is 0 Å². The smallest absolute Gasteiger partial charge is 0.267 e. The average molecular weight is 210 g/mol. The van der Waals surface area contributed by atoms with E-state index in [9.17, 15) is 9.90 Å². The molecule has 0 amide bonds. The zero-order valence-electron chi connectivity index (χ0n) is 8.59. The normalized spacial score (nSPS) is 25.5. The predicted octanol–water partition coefficient (Wildman–Crippen LogP) is 0.338. The predicted molar refractivity (Wildman–Crippen MR) is 53.9 cm³/mol. The van der Waals surface area contributed by atoms with Crippen molar-refractivity contribution < 1.29 is 9.84 Å². The number of aliphatic hydroxyl groups is 1. The minimum absolute atomic E-state index is 0.193. The number of rotatable bonds is 2. The molecule has 2 rings (SSSR count). The molecule has 1 aromatic heterocycles. The van der Waals surface area contributed by atoms with Crippen molar-refractivity contribution in [3.8, 4) is 5.88 Å². The summed E-state index contributed by atoms with van der Waals surface area (Å²) in [6.45, 7) is 0. The van der Waals surface area contributed by atoms with Gasteiger partial charge in [0.05, 0.1) is 19.3 Å². The highest BCUT2D eigenvalue weighted by atomic mass is 16.5. The van der Waals surface area contributed by atoms with E-state index in [1.807, 2.05) is 0 Å². The van der Waals surface area contributed by atoms with E-state index in [2.05, 4.69) is 5.10 Å². The quantitative estimate of drug-likeness (QED) is 0.764. The van der Waals surface area contributed by atoms with Crippen LogP contribution in [0, 0.1) is 0 Å². The van der Waals surface area contributed by atoms with Crippen molar-refractivity contribution in [2.24, 2.45) is 0 Å². The third kappa shape index (κ3) is 1.87. The molecule has 1 heterocycles. The maximum Gasteiger partial charge on any atom is 0.267 e. The van der Waals surface area contributed by atoms with Gasteiger partial charge in [0.25, 0.3) is 5.56 Å². The van der Waals surface area contributed by atoms with E-state index >= 15 is 0 Å². The lowest BCUT2D eigenvalue weighted by Crippen LogP contribution is -2.30. The number of methoxy groups -OCH3 is 1. The summed E-state index contributed by atoms with van der Waals surface area (Å²) in [5.41, 5.74) is -0.193. The molecule has 0 bridgehead atoms. The molecule has 1 aliphatic rings. The molecule has 15 heavy (non-hydrogen) atoms. The molecule has 1 aromatic rings. The Kier molecular flexibility index (Phi) is 2.73. The van der Waals surface area contributed by atoms with Crippen molar-refractivity contribution in [1.29, 1.82) is 0 Å². The maximum atomic E-state index is 11.6. The summed E-state index contributed by atoms with van der Waals surface area (Å²) in [6.07, 6.45) is 1.98. The summed E-state index contributed by atoms with van der Waals surface area (Å²) in [5.74, 6) is 0.397. The van der Waals surface area contributed by atoms with E-state index in [0.717, 1.165) is 19.3 Å². The molecule has 1 N–H and O–H groups in total. The summed E-state index contributed by atoms with van der Waals surface area (Å²) in [5, 5.41) is 13.7. The first kappa shape index (κ1) is 10.2. The largest absolute Gasteiger partial charge is 0.480 e. The Morgan fingerprint density at radius 3 is 2.93 bits per heavy atom. The van der Waals surface area contributed by atoms with Gasteiger partial charge in [0, 0.05) is 12.1 Å². The average Bonchev–Trinajstić information content (AvgIpc) is 2.65. The zero-order chi connectivity index (χ0) is 10.8. The van der Waals surface area contributed by atoms with Crippen LogP contribution >= 0.6 is 0 Å². The van der Waals surface area contributed by atoms with E-state index < -0.39 is 6.10 Å². The van der Waals surface area contributed by atoms with Crippen LogP contribution in [0.25, 0.3) is 0 Å². The van der Waals surface area contributed by atoms with E-state index in [1.165, 1.54) is 23.9 Å². The van der Waals surface area contributed by atoms with Crippen molar-refractivity contribution >= 4 is 0 Å². The van der Waals surface area contributed by atoms with Crippen LogP contribution in [-0.2, 0) is 0 Å². The fraction of sp³-hybridized carbons (Fsp3) is 0.600. The third-order valence-electron chi connectivity index (χ3n) is 2.77. The molecule has 82 valence electrons. The number of nitrogens with zero attached hydrogens (tertiary/aromatic N) is 2. The molecule has 0 unspecified atom stereocenters. The molecule has 2 atom stereocenters. The first-order chi connectivity index (χ1) is 7.22. The van der Waals surface area contributed by atoms with Gasteiger partial charge in [-0.3, -0.25) is 4.79 Å². The third-order valence-corrected chi connectivity index (χ3v) is 2.77. The van der Waals surface area contributed by atoms with Crippen molar-refractivity contribution in [3.63, 3.8) is 0 Å². The Labute approximate surface area is 87.3 Å². The second kappa shape index (κ2) is 4.02. The van der Waals surface area contributed by atoms with Crippen LogP contribution in [0.1, 0.15) is 25.3 Å². The van der Waals surface area contributed by atoms with Gasteiger partial charge in [-0.1, -0.05) is 0 Å². The van der Waals surface area contributed by atoms with Gasteiger partial charge in [-0.2, -0.15) is 0 Å². The van der Waals surface area contributed by atoms with Gasteiger partial charge in [0.2, 0.25) is 5.88 Å². The maximum absolute atomic E-state index is 11.6. The van der Waals surface area contributed by atoms with Crippen molar-refractivity contribution in [1.82, 2.24) is 9.78 Å². The SMILES string of the molecule is COc1ccc(=O)n([C@H]2CCC[C@@H]2O)n1. The fourth-order valence-corrected chi connectivity index (χ4v) is 1.96. The topological polar surface area (TPSA) is 64.3 Å². The molecule has 5 heteroatoms. The molecule has 0 aliphatic heterocycles. The first-order valence-electron chi connectivity index (χ1n) is 5.04.